The fourth-order valence-electron chi connectivity index (χ4n) is 4.50. The first-order valence-electron chi connectivity index (χ1n) is 11.2. The summed E-state index contributed by atoms with van der Waals surface area (Å²) in [4.78, 5) is 23.9. The monoisotopic (exact) mass is 456 g/mol. The molecule has 0 spiro atoms. The van der Waals surface area contributed by atoms with Gasteiger partial charge in [-0.3, -0.25) is 10.2 Å². The Morgan fingerprint density at radius 3 is 2.59 bits per heavy atom. The minimum atomic E-state index is -1.05. The molecule has 1 amide bonds. The summed E-state index contributed by atoms with van der Waals surface area (Å²) in [5, 5.41) is 30.6. The van der Waals surface area contributed by atoms with E-state index in [1.54, 1.807) is 30.3 Å². The van der Waals surface area contributed by atoms with E-state index in [9.17, 15) is 19.8 Å². The SMILES string of the molecule is O=C1Nc2cc(C3CCNCC3)ccc2C1=NNc1cccc(-c2cccc(C(=O)O)c2)c1O. The maximum Gasteiger partial charge on any atom is 0.335 e. The van der Waals surface area contributed by atoms with E-state index >= 15 is 0 Å². The number of carbonyl (C=O) groups excluding carboxylic acids is 1. The van der Waals surface area contributed by atoms with Crippen molar-refractivity contribution in [3.8, 4) is 16.9 Å². The molecule has 3 aromatic rings. The second-order valence-electron chi connectivity index (χ2n) is 8.44. The number of hydrogen-bond donors (Lipinski definition) is 5. The Kier molecular flexibility index (Phi) is 5.73. The summed E-state index contributed by atoms with van der Waals surface area (Å²) in [5.41, 5.74) is 7.15. The maximum atomic E-state index is 12.6. The highest BCUT2D eigenvalue weighted by Crippen LogP contribution is 2.36. The van der Waals surface area contributed by atoms with Crippen LogP contribution in [-0.4, -0.2) is 40.9 Å². The van der Waals surface area contributed by atoms with Crippen LogP contribution in [0.4, 0.5) is 11.4 Å². The molecule has 34 heavy (non-hydrogen) atoms. The Morgan fingerprint density at radius 1 is 1.00 bits per heavy atom. The zero-order valence-electron chi connectivity index (χ0n) is 18.3. The standard InChI is InChI=1S/C26H24N4O4/c31-24-19(17-3-1-4-18(13-17)26(33)34)5-2-6-21(24)29-30-23-20-8-7-16(14-22(20)28-25(23)32)15-9-11-27-12-10-15/h1-8,13-15,27,29,31H,9-12H2,(H,33,34)(H,28,30,32). The van der Waals surface area contributed by atoms with Gasteiger partial charge in [0.15, 0.2) is 5.71 Å². The smallest absolute Gasteiger partial charge is 0.335 e. The Hall–Kier alpha value is -4.17. The Balaban J connectivity index is 1.41. The number of amides is 1. The van der Waals surface area contributed by atoms with Gasteiger partial charge in [-0.25, -0.2) is 4.79 Å². The average Bonchev–Trinajstić information content (AvgIpc) is 3.18. The molecule has 2 heterocycles. The molecule has 2 aliphatic heterocycles. The summed E-state index contributed by atoms with van der Waals surface area (Å²) in [7, 11) is 0. The number of piperidine rings is 1. The summed E-state index contributed by atoms with van der Waals surface area (Å²) < 4.78 is 0. The highest BCUT2D eigenvalue weighted by atomic mass is 16.4. The number of nitrogens with one attached hydrogen (secondary N) is 3. The molecule has 0 saturated carbocycles. The van der Waals surface area contributed by atoms with E-state index in [1.165, 1.54) is 17.7 Å². The van der Waals surface area contributed by atoms with Crippen LogP contribution in [0, 0.1) is 0 Å². The molecule has 0 atom stereocenters. The fourth-order valence-corrected chi connectivity index (χ4v) is 4.50. The molecule has 1 saturated heterocycles. The molecule has 0 unspecified atom stereocenters. The first kappa shape index (κ1) is 21.7. The molecular formula is C26H24N4O4. The number of rotatable bonds is 5. The number of anilines is 2. The van der Waals surface area contributed by atoms with E-state index in [4.69, 9.17) is 0 Å². The molecule has 1 fully saturated rings. The van der Waals surface area contributed by atoms with Crippen molar-refractivity contribution in [1.82, 2.24) is 5.32 Å². The van der Waals surface area contributed by atoms with Crippen LogP contribution in [0.25, 0.3) is 11.1 Å². The van der Waals surface area contributed by atoms with Crippen LogP contribution in [0.2, 0.25) is 0 Å². The van der Waals surface area contributed by atoms with Crippen LogP contribution in [0.5, 0.6) is 5.75 Å². The van der Waals surface area contributed by atoms with Crippen LogP contribution < -0.4 is 16.1 Å². The number of carboxylic acids is 1. The second kappa shape index (κ2) is 8.99. The number of carbonyl (C=O) groups is 2. The van der Waals surface area contributed by atoms with Crippen LogP contribution in [-0.2, 0) is 4.79 Å². The number of aromatic hydroxyl groups is 1. The lowest BCUT2D eigenvalue weighted by atomic mass is 9.89. The number of nitrogens with zero attached hydrogens (tertiary/aromatic N) is 1. The molecule has 2 aliphatic rings. The third-order valence-corrected chi connectivity index (χ3v) is 6.32. The van der Waals surface area contributed by atoms with Gasteiger partial charge in [0.2, 0.25) is 0 Å². The number of phenols is 1. The zero-order chi connectivity index (χ0) is 23.7. The Labute approximate surface area is 196 Å². The number of para-hydroxylation sites is 1. The number of aromatic carboxylic acids is 1. The van der Waals surface area contributed by atoms with Crippen molar-refractivity contribution < 1.29 is 19.8 Å². The molecule has 8 heteroatoms. The molecule has 5 N–H and O–H groups in total. The van der Waals surface area contributed by atoms with Crippen LogP contribution in [0.1, 0.15) is 40.2 Å². The lowest BCUT2D eigenvalue weighted by Crippen LogP contribution is -2.26. The minimum absolute atomic E-state index is 0.0886. The normalized spacial score (nSPS) is 16.8. The number of carboxylic acid groups (broad SMARTS) is 1. The van der Waals surface area contributed by atoms with E-state index < -0.39 is 5.97 Å². The van der Waals surface area contributed by atoms with Crippen LogP contribution in [0.3, 0.4) is 0 Å². The molecule has 0 aliphatic carbocycles. The van der Waals surface area contributed by atoms with E-state index in [0.717, 1.165) is 31.6 Å². The van der Waals surface area contributed by atoms with E-state index in [-0.39, 0.29) is 22.9 Å². The van der Waals surface area contributed by atoms with Gasteiger partial charge >= 0.3 is 5.97 Å². The highest BCUT2D eigenvalue weighted by molar-refractivity contribution is 6.53. The first-order chi connectivity index (χ1) is 16.5. The van der Waals surface area contributed by atoms with E-state index in [0.29, 0.717) is 28.3 Å². The highest BCUT2D eigenvalue weighted by Gasteiger charge is 2.28. The molecular weight excluding hydrogens is 432 g/mol. The molecule has 172 valence electrons. The largest absolute Gasteiger partial charge is 0.505 e. The van der Waals surface area contributed by atoms with Crippen LogP contribution >= 0.6 is 0 Å². The van der Waals surface area contributed by atoms with Gasteiger partial charge < -0.3 is 20.8 Å². The van der Waals surface area contributed by atoms with Gasteiger partial charge in [-0.1, -0.05) is 36.4 Å². The fraction of sp³-hybridized carbons (Fsp3) is 0.192. The maximum absolute atomic E-state index is 12.6. The molecule has 0 radical (unpaired) electrons. The first-order valence-corrected chi connectivity index (χ1v) is 11.2. The average molecular weight is 457 g/mol. The molecule has 0 aromatic heterocycles. The van der Waals surface area contributed by atoms with Crippen molar-refractivity contribution in [3.05, 3.63) is 77.4 Å². The van der Waals surface area contributed by atoms with Crippen LogP contribution in [0.15, 0.2) is 65.8 Å². The third kappa shape index (κ3) is 4.11. The topological polar surface area (TPSA) is 123 Å². The number of hydrogen-bond acceptors (Lipinski definition) is 6. The molecule has 8 nitrogen and oxygen atoms in total. The lowest BCUT2D eigenvalue weighted by Gasteiger charge is -2.23. The summed E-state index contributed by atoms with van der Waals surface area (Å²) in [6.45, 7) is 1.99. The van der Waals surface area contributed by atoms with Crippen molar-refractivity contribution in [2.75, 3.05) is 23.8 Å². The Bertz CT molecular complexity index is 1310. The summed E-state index contributed by atoms with van der Waals surface area (Å²) in [5.74, 6) is -0.970. The summed E-state index contributed by atoms with van der Waals surface area (Å²) in [6.07, 6.45) is 2.14. The van der Waals surface area contributed by atoms with E-state index in [1.807, 2.05) is 12.1 Å². The van der Waals surface area contributed by atoms with Gasteiger partial charge in [0.05, 0.1) is 16.9 Å². The number of phenolic OH excluding ortho intramolecular Hbond substituents is 1. The predicted octanol–water partition coefficient (Wildman–Crippen LogP) is 3.99. The summed E-state index contributed by atoms with van der Waals surface area (Å²) in [6, 6.07) is 17.4. The van der Waals surface area contributed by atoms with Gasteiger partial charge in [0.1, 0.15) is 5.75 Å². The van der Waals surface area contributed by atoms with Crippen molar-refractivity contribution in [1.29, 1.82) is 0 Å². The van der Waals surface area contributed by atoms with Crippen molar-refractivity contribution in [2.45, 2.75) is 18.8 Å². The second-order valence-corrected chi connectivity index (χ2v) is 8.44. The third-order valence-electron chi connectivity index (χ3n) is 6.32. The lowest BCUT2D eigenvalue weighted by molar-refractivity contribution is -0.110. The number of fused-ring (bicyclic) bond motifs is 1. The van der Waals surface area contributed by atoms with E-state index in [2.05, 4.69) is 27.2 Å². The minimum Gasteiger partial charge on any atom is -0.505 e. The quantitative estimate of drug-likeness (QED) is 0.292. The van der Waals surface area contributed by atoms with Gasteiger partial charge in [0.25, 0.3) is 5.91 Å². The van der Waals surface area contributed by atoms with Crippen molar-refractivity contribution in [2.24, 2.45) is 5.10 Å². The van der Waals surface area contributed by atoms with Gasteiger partial charge in [-0.05, 0) is 67.2 Å². The van der Waals surface area contributed by atoms with Gasteiger partial charge in [-0.15, -0.1) is 0 Å². The molecule has 5 rings (SSSR count). The molecule has 3 aromatic carbocycles. The Morgan fingerprint density at radius 2 is 1.79 bits per heavy atom. The number of benzene rings is 3. The zero-order valence-corrected chi connectivity index (χ0v) is 18.3. The van der Waals surface area contributed by atoms with Gasteiger partial charge in [-0.2, -0.15) is 5.10 Å². The van der Waals surface area contributed by atoms with Gasteiger partial charge in [0, 0.05) is 11.1 Å². The predicted molar refractivity (Wildman–Crippen MR) is 131 cm³/mol. The van der Waals surface area contributed by atoms with Crippen molar-refractivity contribution in [3.63, 3.8) is 0 Å². The molecule has 0 bridgehead atoms. The summed E-state index contributed by atoms with van der Waals surface area (Å²) >= 11 is 0. The van der Waals surface area contributed by atoms with Crippen molar-refractivity contribution >= 4 is 29.0 Å². The number of hydrazone groups is 1.